The molecule has 2 rings (SSSR count). The lowest BCUT2D eigenvalue weighted by Gasteiger charge is -2.38. The first-order valence-electron chi connectivity index (χ1n) is 7.94. The summed E-state index contributed by atoms with van der Waals surface area (Å²) in [4.78, 5) is 14.4. The van der Waals surface area contributed by atoms with Crippen LogP contribution in [0.5, 0.6) is 0 Å². The zero-order valence-electron chi connectivity index (χ0n) is 13.6. The van der Waals surface area contributed by atoms with Crippen LogP contribution in [-0.4, -0.2) is 22.9 Å². The zero-order chi connectivity index (χ0) is 16.8. The zero-order valence-corrected chi connectivity index (χ0v) is 14.3. The third kappa shape index (κ3) is 4.49. The van der Waals surface area contributed by atoms with E-state index in [2.05, 4.69) is 24.1 Å². The number of hydrogen-bond acceptors (Lipinski definition) is 3. The third-order valence-electron chi connectivity index (χ3n) is 4.30. The summed E-state index contributed by atoms with van der Waals surface area (Å²) >= 11 is 6.08. The molecule has 1 saturated heterocycles. The van der Waals surface area contributed by atoms with E-state index in [-0.39, 0.29) is 11.5 Å². The molecule has 1 heterocycles. The second-order valence-electron chi connectivity index (χ2n) is 6.00. The summed E-state index contributed by atoms with van der Waals surface area (Å²) in [6.07, 6.45) is 5.06. The number of nitrogens with zero attached hydrogens (tertiary/aromatic N) is 2. The van der Waals surface area contributed by atoms with Gasteiger partial charge in [0, 0.05) is 29.9 Å². The number of rotatable bonds is 4. The highest BCUT2D eigenvalue weighted by atomic mass is 35.5. The van der Waals surface area contributed by atoms with Gasteiger partial charge < -0.3 is 10.2 Å². The van der Waals surface area contributed by atoms with Gasteiger partial charge in [-0.05, 0) is 44.7 Å². The van der Waals surface area contributed by atoms with Gasteiger partial charge in [0.1, 0.15) is 11.6 Å². The van der Waals surface area contributed by atoms with Crippen LogP contribution in [0.15, 0.2) is 36.0 Å². The molecule has 0 spiro atoms. The summed E-state index contributed by atoms with van der Waals surface area (Å²) in [6.45, 7) is 4.56. The van der Waals surface area contributed by atoms with Crippen molar-refractivity contribution in [2.45, 2.75) is 51.7 Å². The number of benzene rings is 1. The van der Waals surface area contributed by atoms with Crippen LogP contribution in [0.4, 0.5) is 0 Å². The standard InChI is InChI=1S/C18H22ClN3O/c1-13-6-5-7-14(2)22(13)12-16(10-20)18(23)21-11-15-8-3-4-9-17(15)19/h3-4,8-9,12-14H,5-7,11H2,1-2H3,(H,21,23)/b16-12-. The highest BCUT2D eigenvalue weighted by molar-refractivity contribution is 6.31. The van der Waals surface area contributed by atoms with Crippen molar-refractivity contribution in [2.24, 2.45) is 0 Å². The van der Waals surface area contributed by atoms with E-state index in [0.717, 1.165) is 18.4 Å². The van der Waals surface area contributed by atoms with E-state index >= 15 is 0 Å². The van der Waals surface area contributed by atoms with Crippen molar-refractivity contribution in [1.29, 1.82) is 5.26 Å². The quantitative estimate of drug-likeness (QED) is 0.677. The number of likely N-dealkylation sites (tertiary alicyclic amines) is 1. The van der Waals surface area contributed by atoms with Gasteiger partial charge in [0.25, 0.3) is 5.91 Å². The molecular formula is C18H22ClN3O. The number of hydrogen-bond donors (Lipinski definition) is 1. The summed E-state index contributed by atoms with van der Waals surface area (Å²) in [7, 11) is 0. The van der Waals surface area contributed by atoms with E-state index in [1.54, 1.807) is 12.3 Å². The number of halogens is 1. The predicted octanol–water partition coefficient (Wildman–Crippen LogP) is 3.63. The van der Waals surface area contributed by atoms with Gasteiger partial charge in [-0.15, -0.1) is 0 Å². The first-order valence-corrected chi connectivity index (χ1v) is 8.31. The van der Waals surface area contributed by atoms with Crippen molar-refractivity contribution in [3.8, 4) is 6.07 Å². The van der Waals surface area contributed by atoms with Crippen molar-refractivity contribution in [1.82, 2.24) is 10.2 Å². The second kappa shape index (κ2) is 8.03. The lowest BCUT2D eigenvalue weighted by molar-refractivity contribution is -0.117. The molecular weight excluding hydrogens is 310 g/mol. The fourth-order valence-corrected chi connectivity index (χ4v) is 3.10. The molecule has 1 amide bonds. The van der Waals surface area contributed by atoms with Crippen LogP contribution < -0.4 is 5.32 Å². The van der Waals surface area contributed by atoms with E-state index in [1.807, 2.05) is 24.3 Å². The first-order chi connectivity index (χ1) is 11.0. The molecule has 2 atom stereocenters. The average molecular weight is 332 g/mol. The van der Waals surface area contributed by atoms with Crippen molar-refractivity contribution in [3.05, 3.63) is 46.6 Å². The summed E-state index contributed by atoms with van der Waals surface area (Å²) in [5, 5.41) is 12.7. The van der Waals surface area contributed by atoms with Crippen LogP contribution in [0, 0.1) is 11.3 Å². The maximum atomic E-state index is 12.3. The Balaban J connectivity index is 2.05. The molecule has 0 aliphatic carbocycles. The first kappa shape index (κ1) is 17.4. The SMILES string of the molecule is CC1CCCC(C)N1/C=C(/C#N)C(=O)NCc1ccccc1Cl. The van der Waals surface area contributed by atoms with Gasteiger partial charge in [0.15, 0.2) is 0 Å². The maximum Gasteiger partial charge on any atom is 0.263 e. The normalized spacial score (nSPS) is 21.7. The lowest BCUT2D eigenvalue weighted by Crippen LogP contribution is -2.40. The Morgan fingerprint density at radius 3 is 2.65 bits per heavy atom. The Hall–Kier alpha value is -1.99. The van der Waals surface area contributed by atoms with E-state index in [1.165, 1.54) is 6.42 Å². The van der Waals surface area contributed by atoms with Gasteiger partial charge in [-0.25, -0.2) is 0 Å². The third-order valence-corrected chi connectivity index (χ3v) is 4.67. The maximum absolute atomic E-state index is 12.3. The molecule has 2 unspecified atom stereocenters. The molecule has 0 saturated carbocycles. The predicted molar refractivity (Wildman–Crippen MR) is 91.6 cm³/mol. The summed E-state index contributed by atoms with van der Waals surface area (Å²) in [5.41, 5.74) is 0.970. The van der Waals surface area contributed by atoms with Crippen LogP contribution in [-0.2, 0) is 11.3 Å². The van der Waals surface area contributed by atoms with Gasteiger partial charge in [0.05, 0.1) is 0 Å². The van der Waals surface area contributed by atoms with Crippen molar-refractivity contribution in [3.63, 3.8) is 0 Å². The molecule has 0 bridgehead atoms. The van der Waals surface area contributed by atoms with E-state index in [0.29, 0.717) is 23.7 Å². The number of piperidine rings is 1. The molecule has 122 valence electrons. The van der Waals surface area contributed by atoms with Gasteiger partial charge in [-0.1, -0.05) is 29.8 Å². The van der Waals surface area contributed by atoms with Crippen molar-refractivity contribution >= 4 is 17.5 Å². The number of amides is 1. The van der Waals surface area contributed by atoms with Gasteiger partial charge in [-0.2, -0.15) is 5.26 Å². The molecule has 5 heteroatoms. The Labute approximate surface area is 142 Å². The smallest absolute Gasteiger partial charge is 0.263 e. The highest BCUT2D eigenvalue weighted by Gasteiger charge is 2.23. The van der Waals surface area contributed by atoms with Crippen LogP contribution in [0.25, 0.3) is 0 Å². The highest BCUT2D eigenvalue weighted by Crippen LogP contribution is 2.23. The van der Waals surface area contributed by atoms with E-state index < -0.39 is 0 Å². The van der Waals surface area contributed by atoms with Gasteiger partial charge in [-0.3, -0.25) is 4.79 Å². The fraction of sp³-hybridized carbons (Fsp3) is 0.444. The molecule has 23 heavy (non-hydrogen) atoms. The monoisotopic (exact) mass is 331 g/mol. The van der Waals surface area contributed by atoms with Gasteiger partial charge in [0.2, 0.25) is 0 Å². The number of carbonyl (C=O) groups excluding carboxylic acids is 1. The molecule has 1 fully saturated rings. The number of carbonyl (C=O) groups is 1. The minimum Gasteiger partial charge on any atom is -0.371 e. The largest absolute Gasteiger partial charge is 0.371 e. The van der Waals surface area contributed by atoms with Gasteiger partial charge >= 0.3 is 0 Å². The Morgan fingerprint density at radius 2 is 2.04 bits per heavy atom. The van der Waals surface area contributed by atoms with Crippen LogP contribution in [0.1, 0.15) is 38.7 Å². The van der Waals surface area contributed by atoms with Crippen LogP contribution in [0.2, 0.25) is 5.02 Å². The Bertz CT molecular complexity index is 625. The molecule has 1 aromatic rings. The topological polar surface area (TPSA) is 56.1 Å². The fourth-order valence-electron chi connectivity index (χ4n) is 2.90. The van der Waals surface area contributed by atoms with Crippen molar-refractivity contribution < 1.29 is 4.79 Å². The molecule has 4 nitrogen and oxygen atoms in total. The second-order valence-corrected chi connectivity index (χ2v) is 6.41. The molecule has 1 aromatic carbocycles. The van der Waals surface area contributed by atoms with E-state index in [9.17, 15) is 10.1 Å². The van der Waals surface area contributed by atoms with Crippen molar-refractivity contribution in [2.75, 3.05) is 0 Å². The molecule has 0 aromatic heterocycles. The summed E-state index contributed by atoms with van der Waals surface area (Å²) in [5.74, 6) is -0.364. The number of nitrogens with one attached hydrogen (secondary N) is 1. The number of nitriles is 1. The summed E-state index contributed by atoms with van der Waals surface area (Å²) in [6, 6.07) is 10.0. The van der Waals surface area contributed by atoms with Crippen LogP contribution >= 0.6 is 11.6 Å². The Morgan fingerprint density at radius 1 is 1.39 bits per heavy atom. The summed E-state index contributed by atoms with van der Waals surface area (Å²) < 4.78 is 0. The molecule has 1 aliphatic rings. The molecule has 1 N–H and O–H groups in total. The van der Waals surface area contributed by atoms with Crippen LogP contribution in [0.3, 0.4) is 0 Å². The Kier molecular flexibility index (Phi) is 6.06. The minimum absolute atomic E-state index is 0.137. The molecule has 0 radical (unpaired) electrons. The average Bonchev–Trinajstić information content (AvgIpc) is 2.53. The lowest BCUT2D eigenvalue weighted by atomic mass is 9.98. The molecule has 1 aliphatic heterocycles. The van der Waals surface area contributed by atoms with E-state index in [4.69, 9.17) is 11.6 Å². The minimum atomic E-state index is -0.364.